The summed E-state index contributed by atoms with van der Waals surface area (Å²) in [5.41, 5.74) is 0.560. The topological polar surface area (TPSA) is 114 Å². The zero-order valence-corrected chi connectivity index (χ0v) is 15.6. The lowest BCUT2D eigenvalue weighted by atomic mass is 10.2. The number of ether oxygens (including phenoxy) is 2. The average Bonchev–Trinajstić information content (AvgIpc) is 2.59. The van der Waals surface area contributed by atoms with Crippen LogP contribution in [0.4, 0.5) is 10.5 Å². The van der Waals surface area contributed by atoms with Gasteiger partial charge in [0.05, 0.1) is 12.2 Å². The predicted octanol–water partition coefficient (Wildman–Crippen LogP) is 0.966. The van der Waals surface area contributed by atoms with Crippen LogP contribution in [0, 0.1) is 0 Å². The minimum Gasteiger partial charge on any atom is -0.475 e. The zero-order chi connectivity index (χ0) is 20.1. The second-order valence-electron chi connectivity index (χ2n) is 6.40. The molecule has 0 radical (unpaired) electrons. The highest BCUT2D eigenvalue weighted by Crippen LogP contribution is 2.33. The molecule has 27 heavy (non-hydrogen) atoms. The van der Waals surface area contributed by atoms with Gasteiger partial charge in [-0.2, -0.15) is 0 Å². The molecule has 9 nitrogen and oxygen atoms in total. The standard InChI is InChI=1S/C18H23N3O6/c1-10(2)19-18(25)20-16(23)11(3)26-17(24)15-9-21(12(4)22)13-7-5-6-8-14(13)27-15/h5-8,10-11,15H,9H2,1-4H3,(H2,19,20,23,25)/t11-,15+/m1/s1. The van der Waals surface area contributed by atoms with E-state index in [1.54, 1.807) is 38.1 Å². The fraction of sp³-hybridized carbons (Fsp3) is 0.444. The molecule has 9 heteroatoms. The molecule has 2 atom stereocenters. The van der Waals surface area contributed by atoms with Gasteiger partial charge in [0.2, 0.25) is 12.0 Å². The van der Waals surface area contributed by atoms with Crippen LogP contribution >= 0.6 is 0 Å². The Hall–Kier alpha value is -3.10. The number of amides is 4. The summed E-state index contributed by atoms with van der Waals surface area (Å²) in [6, 6.07) is 5.99. The maximum absolute atomic E-state index is 12.4. The second kappa shape index (κ2) is 8.52. The number of carbonyl (C=O) groups is 4. The number of carbonyl (C=O) groups excluding carboxylic acids is 4. The molecule has 1 heterocycles. The first kappa shape index (κ1) is 20.2. The van der Waals surface area contributed by atoms with Crippen LogP contribution in [0.25, 0.3) is 0 Å². The number of urea groups is 1. The van der Waals surface area contributed by atoms with Crippen LogP contribution in [0.1, 0.15) is 27.7 Å². The Labute approximate surface area is 157 Å². The van der Waals surface area contributed by atoms with Gasteiger partial charge in [0.25, 0.3) is 5.91 Å². The number of fused-ring (bicyclic) bond motifs is 1. The number of para-hydroxylation sites is 2. The third-order valence-corrected chi connectivity index (χ3v) is 3.74. The monoisotopic (exact) mass is 377 g/mol. The number of hydrogen-bond donors (Lipinski definition) is 2. The Bertz CT molecular complexity index is 748. The van der Waals surface area contributed by atoms with Crippen LogP contribution in [-0.2, 0) is 19.1 Å². The van der Waals surface area contributed by atoms with E-state index in [1.807, 2.05) is 0 Å². The molecule has 1 aliphatic heterocycles. The molecule has 2 N–H and O–H groups in total. The van der Waals surface area contributed by atoms with Crippen LogP contribution in [-0.4, -0.2) is 48.6 Å². The van der Waals surface area contributed by atoms with E-state index >= 15 is 0 Å². The van der Waals surface area contributed by atoms with Crippen LogP contribution in [0.5, 0.6) is 5.75 Å². The average molecular weight is 377 g/mol. The first-order valence-electron chi connectivity index (χ1n) is 8.54. The number of imide groups is 1. The molecule has 1 aliphatic rings. The Morgan fingerprint density at radius 2 is 1.85 bits per heavy atom. The van der Waals surface area contributed by atoms with Crippen LogP contribution in [0.15, 0.2) is 24.3 Å². The van der Waals surface area contributed by atoms with E-state index in [4.69, 9.17) is 9.47 Å². The molecule has 2 rings (SSSR count). The summed E-state index contributed by atoms with van der Waals surface area (Å²) in [4.78, 5) is 49.2. The summed E-state index contributed by atoms with van der Waals surface area (Å²) in [6.45, 7) is 6.18. The normalized spacial score (nSPS) is 16.6. The number of hydrogen-bond acceptors (Lipinski definition) is 6. The van der Waals surface area contributed by atoms with Crippen LogP contribution in [0.3, 0.4) is 0 Å². The SMILES string of the molecule is CC(=O)N1C[C@@H](C(=O)O[C@H](C)C(=O)NC(=O)NC(C)C)Oc2ccccc21. The van der Waals surface area contributed by atoms with Crippen molar-refractivity contribution in [1.82, 2.24) is 10.6 Å². The van der Waals surface area contributed by atoms with Gasteiger partial charge >= 0.3 is 12.0 Å². The molecular weight excluding hydrogens is 354 g/mol. The number of rotatable bonds is 4. The van der Waals surface area contributed by atoms with Gasteiger partial charge in [-0.15, -0.1) is 0 Å². The van der Waals surface area contributed by atoms with Crippen molar-refractivity contribution in [2.24, 2.45) is 0 Å². The van der Waals surface area contributed by atoms with E-state index in [2.05, 4.69) is 10.6 Å². The quantitative estimate of drug-likeness (QED) is 0.756. The van der Waals surface area contributed by atoms with Crippen molar-refractivity contribution in [1.29, 1.82) is 0 Å². The summed E-state index contributed by atoms with van der Waals surface area (Å²) >= 11 is 0. The summed E-state index contributed by atoms with van der Waals surface area (Å²) in [6.07, 6.45) is -2.29. The smallest absolute Gasteiger partial charge is 0.350 e. The van der Waals surface area contributed by atoms with Crippen molar-refractivity contribution in [2.45, 2.75) is 45.9 Å². The van der Waals surface area contributed by atoms with E-state index in [0.29, 0.717) is 11.4 Å². The van der Waals surface area contributed by atoms with Gasteiger partial charge in [-0.1, -0.05) is 12.1 Å². The molecule has 0 saturated carbocycles. The number of esters is 1. The van der Waals surface area contributed by atoms with Crippen molar-refractivity contribution < 1.29 is 28.7 Å². The van der Waals surface area contributed by atoms with Gasteiger partial charge in [-0.05, 0) is 32.9 Å². The molecule has 146 valence electrons. The highest BCUT2D eigenvalue weighted by Gasteiger charge is 2.35. The lowest BCUT2D eigenvalue weighted by molar-refractivity contribution is -0.161. The first-order chi connectivity index (χ1) is 12.7. The lowest BCUT2D eigenvalue weighted by Gasteiger charge is -2.33. The van der Waals surface area contributed by atoms with E-state index in [1.165, 1.54) is 18.7 Å². The first-order valence-corrected chi connectivity index (χ1v) is 8.54. The van der Waals surface area contributed by atoms with Gasteiger partial charge in [0.15, 0.2) is 6.10 Å². The Kier molecular flexibility index (Phi) is 6.38. The van der Waals surface area contributed by atoms with Crippen molar-refractivity contribution >= 4 is 29.5 Å². The highest BCUT2D eigenvalue weighted by atomic mass is 16.6. The zero-order valence-electron chi connectivity index (χ0n) is 15.6. The van der Waals surface area contributed by atoms with Crippen molar-refractivity contribution in [3.05, 3.63) is 24.3 Å². The summed E-state index contributed by atoms with van der Waals surface area (Å²) in [5.74, 6) is -1.45. The molecule has 0 saturated heterocycles. The van der Waals surface area contributed by atoms with E-state index in [9.17, 15) is 19.2 Å². The lowest BCUT2D eigenvalue weighted by Crippen LogP contribution is -2.50. The third kappa shape index (κ3) is 5.19. The minimum absolute atomic E-state index is 0.0344. The Balaban J connectivity index is 2.00. The molecule has 0 fully saturated rings. The van der Waals surface area contributed by atoms with E-state index in [0.717, 1.165) is 0 Å². The molecule has 0 aliphatic carbocycles. The maximum atomic E-state index is 12.4. The van der Waals surface area contributed by atoms with Gasteiger partial charge in [0.1, 0.15) is 5.75 Å². The summed E-state index contributed by atoms with van der Waals surface area (Å²) in [5, 5.41) is 4.58. The van der Waals surface area contributed by atoms with Crippen LogP contribution < -0.4 is 20.3 Å². The number of benzene rings is 1. The van der Waals surface area contributed by atoms with Gasteiger partial charge in [-0.3, -0.25) is 14.9 Å². The fourth-order valence-corrected chi connectivity index (χ4v) is 2.47. The fourth-order valence-electron chi connectivity index (χ4n) is 2.47. The Morgan fingerprint density at radius 3 is 2.48 bits per heavy atom. The molecular formula is C18H23N3O6. The van der Waals surface area contributed by atoms with E-state index < -0.39 is 30.1 Å². The second-order valence-corrected chi connectivity index (χ2v) is 6.40. The maximum Gasteiger partial charge on any atom is 0.350 e. The number of nitrogens with zero attached hydrogens (tertiary/aromatic N) is 1. The predicted molar refractivity (Wildman–Crippen MR) is 96.2 cm³/mol. The molecule has 4 amide bonds. The van der Waals surface area contributed by atoms with Gasteiger partial charge < -0.3 is 19.7 Å². The number of nitrogens with one attached hydrogen (secondary N) is 2. The van der Waals surface area contributed by atoms with Gasteiger partial charge in [0, 0.05) is 13.0 Å². The molecule has 0 unspecified atom stereocenters. The van der Waals surface area contributed by atoms with E-state index in [-0.39, 0.29) is 18.5 Å². The molecule has 0 spiro atoms. The van der Waals surface area contributed by atoms with Crippen molar-refractivity contribution in [3.8, 4) is 5.75 Å². The summed E-state index contributed by atoms with van der Waals surface area (Å²) < 4.78 is 10.7. The summed E-state index contributed by atoms with van der Waals surface area (Å²) in [7, 11) is 0. The largest absolute Gasteiger partial charge is 0.475 e. The van der Waals surface area contributed by atoms with Crippen molar-refractivity contribution in [2.75, 3.05) is 11.4 Å². The van der Waals surface area contributed by atoms with Crippen LogP contribution in [0.2, 0.25) is 0 Å². The van der Waals surface area contributed by atoms with Crippen molar-refractivity contribution in [3.63, 3.8) is 0 Å². The Morgan fingerprint density at radius 1 is 1.19 bits per heavy atom. The molecule has 0 aromatic heterocycles. The molecule has 1 aromatic carbocycles. The van der Waals surface area contributed by atoms with Gasteiger partial charge in [-0.25, -0.2) is 9.59 Å². The molecule has 1 aromatic rings. The third-order valence-electron chi connectivity index (χ3n) is 3.74. The molecule has 0 bridgehead atoms. The highest BCUT2D eigenvalue weighted by molar-refractivity contribution is 5.98. The number of anilines is 1. The minimum atomic E-state index is -1.21.